The summed E-state index contributed by atoms with van der Waals surface area (Å²) in [6.45, 7) is 4.35. The highest BCUT2D eigenvalue weighted by molar-refractivity contribution is 7.83. The number of thiol groups is 1. The highest BCUT2D eigenvalue weighted by Gasteiger charge is 2.20. The third kappa shape index (κ3) is 5.01. The second kappa shape index (κ2) is 9.78. The zero-order valence-corrected chi connectivity index (χ0v) is 18.1. The van der Waals surface area contributed by atoms with Crippen LogP contribution in [0.3, 0.4) is 0 Å². The van der Waals surface area contributed by atoms with E-state index in [0.29, 0.717) is 28.6 Å². The molecule has 0 saturated carbocycles. The van der Waals surface area contributed by atoms with Crippen molar-refractivity contribution in [2.24, 2.45) is 5.73 Å². The van der Waals surface area contributed by atoms with Crippen LogP contribution in [0, 0.1) is 10.8 Å². The average molecular weight is 420 g/mol. The normalized spacial score (nSPS) is 17.9. The molecule has 1 aliphatic heterocycles. The lowest BCUT2D eigenvalue weighted by Crippen LogP contribution is -2.26. The predicted octanol–water partition coefficient (Wildman–Crippen LogP) is 4.54. The maximum atomic E-state index is 8.56. The minimum atomic E-state index is 0.163. The van der Waals surface area contributed by atoms with Crippen LogP contribution < -0.4 is 11.5 Å². The zero-order chi connectivity index (χ0) is 21.7. The van der Waals surface area contributed by atoms with E-state index in [1.54, 1.807) is 17.5 Å². The Balaban J connectivity index is 1.83. The van der Waals surface area contributed by atoms with E-state index in [2.05, 4.69) is 36.6 Å². The van der Waals surface area contributed by atoms with Gasteiger partial charge in [0.15, 0.2) is 0 Å². The molecule has 0 bridgehead atoms. The molecule has 1 fully saturated rings. The summed E-state index contributed by atoms with van der Waals surface area (Å²) in [4.78, 5) is 2.50. The van der Waals surface area contributed by atoms with Crippen LogP contribution in [0.1, 0.15) is 42.0 Å². The summed E-state index contributed by atoms with van der Waals surface area (Å²) in [6.07, 6.45) is 5.55. The molecule has 5 nitrogen and oxygen atoms in total. The van der Waals surface area contributed by atoms with E-state index in [1.807, 2.05) is 24.3 Å². The molecule has 2 aromatic rings. The summed E-state index contributed by atoms with van der Waals surface area (Å²) < 4.78 is 0. The molecule has 0 aliphatic carbocycles. The highest BCUT2D eigenvalue weighted by atomic mass is 32.1. The van der Waals surface area contributed by atoms with Crippen molar-refractivity contribution in [3.8, 4) is 0 Å². The minimum Gasteiger partial charge on any atom is -0.398 e. The Labute approximate surface area is 183 Å². The Kier molecular flexibility index (Phi) is 7.13. The van der Waals surface area contributed by atoms with Crippen LogP contribution in [-0.4, -0.2) is 29.4 Å². The largest absolute Gasteiger partial charge is 0.398 e. The van der Waals surface area contributed by atoms with Crippen molar-refractivity contribution in [2.75, 3.05) is 12.3 Å². The SMILES string of the molecule is CC1CCCN1Cc1cccc(/C=C(\N)C(=N)c2cc(/C(C=N)=C/S)ccc2N)c1. The molecule has 1 heterocycles. The van der Waals surface area contributed by atoms with Crippen LogP contribution in [-0.2, 0) is 6.54 Å². The van der Waals surface area contributed by atoms with Gasteiger partial charge in [0.05, 0.1) is 11.4 Å². The molecular weight excluding hydrogens is 390 g/mol. The fourth-order valence-corrected chi connectivity index (χ4v) is 4.02. The molecule has 0 radical (unpaired) electrons. The number of nitrogens with two attached hydrogens (primary N) is 2. The van der Waals surface area contributed by atoms with Gasteiger partial charge in [-0.15, -0.1) is 0 Å². The number of anilines is 1. The molecule has 3 rings (SSSR count). The summed E-state index contributed by atoms with van der Waals surface area (Å²) in [6, 6.07) is 14.2. The molecule has 156 valence electrons. The van der Waals surface area contributed by atoms with Crippen LogP contribution in [0.2, 0.25) is 0 Å². The lowest BCUT2D eigenvalue weighted by Gasteiger charge is -2.21. The molecule has 1 aliphatic rings. The Bertz CT molecular complexity index is 1010. The quantitative estimate of drug-likeness (QED) is 0.259. The number of rotatable bonds is 7. The third-order valence-corrected chi connectivity index (χ3v) is 5.87. The Morgan fingerprint density at radius 3 is 2.73 bits per heavy atom. The van der Waals surface area contributed by atoms with Crippen molar-refractivity contribution < 1.29 is 0 Å². The Morgan fingerprint density at radius 2 is 2.07 bits per heavy atom. The first kappa shape index (κ1) is 21.9. The van der Waals surface area contributed by atoms with E-state index in [9.17, 15) is 0 Å². The molecule has 1 unspecified atom stereocenters. The van der Waals surface area contributed by atoms with Gasteiger partial charge in [0, 0.05) is 35.6 Å². The fraction of sp³-hybridized carbons (Fsp3) is 0.250. The number of hydrogen-bond acceptors (Lipinski definition) is 6. The van der Waals surface area contributed by atoms with Crippen LogP contribution in [0.15, 0.2) is 53.6 Å². The van der Waals surface area contributed by atoms with Gasteiger partial charge < -0.3 is 16.9 Å². The molecule has 2 aromatic carbocycles. The summed E-state index contributed by atoms with van der Waals surface area (Å²) in [5, 5.41) is 17.6. The third-order valence-electron chi connectivity index (χ3n) is 5.59. The molecule has 0 spiro atoms. The Hall–Kier alpha value is -2.83. The fourth-order valence-electron chi connectivity index (χ4n) is 3.80. The molecule has 0 amide bonds. The standard InChI is InChI=1S/C24H29N5S/c1-16-4-3-9-29(16)14-18-6-2-5-17(10-18)11-23(27)24(28)21-12-19(7-8-22(21)26)20(13-25)15-30/h2,5-8,10-13,15-16,25,28,30H,3-4,9,14,26-27H2,1H3/b20-15+,23-11-,25-13?,28-24?. The van der Waals surface area contributed by atoms with E-state index in [0.717, 1.165) is 24.2 Å². The van der Waals surface area contributed by atoms with Crippen molar-refractivity contribution in [1.82, 2.24) is 4.90 Å². The zero-order valence-electron chi connectivity index (χ0n) is 17.2. The monoisotopic (exact) mass is 419 g/mol. The van der Waals surface area contributed by atoms with E-state index in [-0.39, 0.29) is 5.71 Å². The first-order valence-corrected chi connectivity index (χ1v) is 10.6. The van der Waals surface area contributed by atoms with Gasteiger partial charge in [-0.3, -0.25) is 10.3 Å². The maximum Gasteiger partial charge on any atom is 0.0862 e. The van der Waals surface area contributed by atoms with Crippen molar-refractivity contribution >= 4 is 41.9 Å². The summed E-state index contributed by atoms with van der Waals surface area (Å²) >= 11 is 4.14. The summed E-state index contributed by atoms with van der Waals surface area (Å²) in [5.74, 6) is 0. The number of nitrogens with one attached hydrogen (secondary N) is 2. The second-order valence-electron chi connectivity index (χ2n) is 7.71. The molecular formula is C24H29N5S. The van der Waals surface area contributed by atoms with Crippen molar-refractivity contribution in [1.29, 1.82) is 10.8 Å². The van der Waals surface area contributed by atoms with Gasteiger partial charge in [-0.2, -0.15) is 12.6 Å². The van der Waals surface area contributed by atoms with Gasteiger partial charge >= 0.3 is 0 Å². The van der Waals surface area contributed by atoms with Crippen molar-refractivity contribution in [3.05, 3.63) is 75.8 Å². The number of hydrogen-bond donors (Lipinski definition) is 5. The average Bonchev–Trinajstić information content (AvgIpc) is 3.14. The molecule has 30 heavy (non-hydrogen) atoms. The summed E-state index contributed by atoms with van der Waals surface area (Å²) in [5.41, 5.74) is 17.5. The number of nitrogen functional groups attached to an aromatic ring is 1. The molecule has 1 saturated heterocycles. The second-order valence-corrected chi connectivity index (χ2v) is 7.97. The first-order valence-electron chi connectivity index (χ1n) is 10.1. The van der Waals surface area contributed by atoms with Crippen LogP contribution in [0.4, 0.5) is 5.69 Å². The van der Waals surface area contributed by atoms with E-state index < -0.39 is 0 Å². The van der Waals surface area contributed by atoms with Crippen LogP contribution in [0.25, 0.3) is 11.6 Å². The smallest absolute Gasteiger partial charge is 0.0862 e. The molecule has 6 N–H and O–H groups in total. The van der Waals surface area contributed by atoms with E-state index >= 15 is 0 Å². The van der Waals surface area contributed by atoms with Gasteiger partial charge in [-0.1, -0.05) is 30.3 Å². The van der Waals surface area contributed by atoms with Gasteiger partial charge in [0.1, 0.15) is 0 Å². The molecule has 0 aromatic heterocycles. The lowest BCUT2D eigenvalue weighted by atomic mass is 9.98. The minimum absolute atomic E-state index is 0.163. The number of benzene rings is 2. The van der Waals surface area contributed by atoms with Crippen molar-refractivity contribution in [2.45, 2.75) is 32.4 Å². The van der Waals surface area contributed by atoms with Crippen molar-refractivity contribution in [3.63, 3.8) is 0 Å². The van der Waals surface area contributed by atoms with E-state index in [4.69, 9.17) is 22.3 Å². The number of allylic oxidation sites excluding steroid dienone is 2. The molecule has 6 heteroatoms. The van der Waals surface area contributed by atoms with E-state index in [1.165, 1.54) is 24.6 Å². The maximum absolute atomic E-state index is 8.56. The van der Waals surface area contributed by atoms with Gasteiger partial charge in [-0.05, 0) is 66.6 Å². The van der Waals surface area contributed by atoms with Gasteiger partial charge in [-0.25, -0.2) is 0 Å². The van der Waals surface area contributed by atoms with Gasteiger partial charge in [0.25, 0.3) is 0 Å². The van der Waals surface area contributed by atoms with Crippen LogP contribution >= 0.6 is 12.6 Å². The lowest BCUT2D eigenvalue weighted by molar-refractivity contribution is 0.260. The van der Waals surface area contributed by atoms with Gasteiger partial charge in [0.2, 0.25) is 0 Å². The first-order chi connectivity index (χ1) is 14.4. The van der Waals surface area contributed by atoms with Crippen LogP contribution in [0.5, 0.6) is 0 Å². The highest BCUT2D eigenvalue weighted by Crippen LogP contribution is 2.23. The number of likely N-dealkylation sites (tertiary alicyclic amines) is 1. The molecule has 1 atom stereocenters. The Morgan fingerprint density at radius 1 is 1.27 bits per heavy atom. The topological polar surface area (TPSA) is 103 Å². The predicted molar refractivity (Wildman–Crippen MR) is 131 cm³/mol. The summed E-state index contributed by atoms with van der Waals surface area (Å²) in [7, 11) is 0. The number of nitrogens with zero attached hydrogens (tertiary/aromatic N) is 1.